The predicted octanol–water partition coefficient (Wildman–Crippen LogP) is 1.25. The van der Waals surface area contributed by atoms with Crippen LogP contribution < -0.4 is 5.73 Å². The average Bonchev–Trinajstić information content (AvgIpc) is 2.06. The number of nitrogens with zero attached hydrogens (tertiary/aromatic N) is 2. The number of rotatable bonds is 3. The molecule has 2 rings (SSSR count). The Hall–Kier alpha value is -0.960. The van der Waals surface area contributed by atoms with Crippen molar-refractivity contribution in [1.82, 2.24) is 9.97 Å². The highest BCUT2D eigenvalue weighted by Gasteiger charge is 2.21. The fourth-order valence-corrected chi connectivity index (χ4v) is 1.54. The van der Waals surface area contributed by atoms with Gasteiger partial charge < -0.3 is 5.73 Å². The largest absolute Gasteiger partial charge is 0.330 e. The lowest BCUT2D eigenvalue weighted by atomic mass is 9.85. The van der Waals surface area contributed by atoms with E-state index in [4.69, 9.17) is 5.73 Å². The van der Waals surface area contributed by atoms with Crippen LogP contribution in [0.15, 0.2) is 12.4 Å². The summed E-state index contributed by atoms with van der Waals surface area (Å²) >= 11 is 0. The third-order valence-corrected chi connectivity index (χ3v) is 2.63. The molecule has 1 aliphatic rings. The van der Waals surface area contributed by atoms with Crippen LogP contribution in [0, 0.1) is 0 Å². The maximum absolute atomic E-state index is 5.44. The third kappa shape index (κ3) is 1.86. The lowest BCUT2D eigenvalue weighted by Crippen LogP contribution is -2.13. The van der Waals surface area contributed by atoms with Crippen LogP contribution in [0.1, 0.15) is 36.6 Å². The van der Waals surface area contributed by atoms with E-state index in [0.717, 1.165) is 17.8 Å². The summed E-state index contributed by atoms with van der Waals surface area (Å²) in [5.74, 6) is 1.65. The first-order valence-corrected chi connectivity index (χ1v) is 4.91. The van der Waals surface area contributed by atoms with Crippen molar-refractivity contribution in [2.75, 3.05) is 6.54 Å². The quantitative estimate of drug-likeness (QED) is 0.755. The van der Waals surface area contributed by atoms with Crippen molar-refractivity contribution < 1.29 is 0 Å². The first kappa shape index (κ1) is 8.63. The fraction of sp³-hybridized carbons (Fsp3) is 0.600. The summed E-state index contributed by atoms with van der Waals surface area (Å²) in [5.41, 5.74) is 6.58. The molecule has 1 saturated carbocycles. The Balaban J connectivity index is 2.04. The molecule has 1 aliphatic carbocycles. The molecule has 0 aliphatic heterocycles. The zero-order valence-electron chi connectivity index (χ0n) is 7.74. The molecule has 0 atom stereocenters. The van der Waals surface area contributed by atoms with Gasteiger partial charge in [-0.3, -0.25) is 0 Å². The van der Waals surface area contributed by atoms with E-state index < -0.39 is 0 Å². The van der Waals surface area contributed by atoms with Crippen molar-refractivity contribution in [2.45, 2.75) is 31.6 Å². The molecule has 1 heterocycles. The standard InChI is InChI=1S/C10H15N3/c11-5-4-8-6-12-10(13-7-8)9-2-1-3-9/h6-7,9H,1-5,11H2. The molecule has 0 aromatic carbocycles. The van der Waals surface area contributed by atoms with Crippen LogP contribution in [-0.2, 0) is 6.42 Å². The highest BCUT2D eigenvalue weighted by Crippen LogP contribution is 2.33. The van der Waals surface area contributed by atoms with Crippen molar-refractivity contribution in [2.24, 2.45) is 5.73 Å². The van der Waals surface area contributed by atoms with Crippen LogP contribution in [0.5, 0.6) is 0 Å². The maximum Gasteiger partial charge on any atom is 0.131 e. The second-order valence-corrected chi connectivity index (χ2v) is 3.62. The summed E-state index contributed by atoms with van der Waals surface area (Å²) < 4.78 is 0. The van der Waals surface area contributed by atoms with Crippen LogP contribution in [0.2, 0.25) is 0 Å². The van der Waals surface area contributed by atoms with Crippen LogP contribution in [-0.4, -0.2) is 16.5 Å². The van der Waals surface area contributed by atoms with Gasteiger partial charge in [-0.05, 0) is 31.4 Å². The van der Waals surface area contributed by atoms with E-state index in [2.05, 4.69) is 9.97 Å². The molecule has 70 valence electrons. The molecule has 0 amide bonds. The number of nitrogens with two attached hydrogens (primary N) is 1. The van der Waals surface area contributed by atoms with Crippen molar-refractivity contribution in [3.63, 3.8) is 0 Å². The van der Waals surface area contributed by atoms with E-state index in [1.165, 1.54) is 19.3 Å². The highest BCUT2D eigenvalue weighted by atomic mass is 14.9. The van der Waals surface area contributed by atoms with Crippen molar-refractivity contribution in [3.05, 3.63) is 23.8 Å². The van der Waals surface area contributed by atoms with Crippen molar-refractivity contribution >= 4 is 0 Å². The minimum atomic E-state index is 0.631. The summed E-state index contributed by atoms with van der Waals surface area (Å²) in [4.78, 5) is 8.71. The van der Waals surface area contributed by atoms with E-state index in [-0.39, 0.29) is 0 Å². The van der Waals surface area contributed by atoms with Crippen molar-refractivity contribution in [3.8, 4) is 0 Å². The smallest absolute Gasteiger partial charge is 0.131 e. The van der Waals surface area contributed by atoms with E-state index in [9.17, 15) is 0 Å². The predicted molar refractivity (Wildman–Crippen MR) is 51.4 cm³/mol. The van der Waals surface area contributed by atoms with Crippen LogP contribution >= 0.6 is 0 Å². The molecule has 0 unspecified atom stereocenters. The Kier molecular flexibility index (Phi) is 2.54. The molecule has 0 spiro atoms. The SMILES string of the molecule is NCCc1cnc(C2CCC2)nc1. The van der Waals surface area contributed by atoms with Gasteiger partial charge in [-0.2, -0.15) is 0 Å². The number of aromatic nitrogens is 2. The Morgan fingerprint density at radius 2 is 2.00 bits per heavy atom. The zero-order chi connectivity index (χ0) is 9.10. The van der Waals surface area contributed by atoms with Gasteiger partial charge in [0.25, 0.3) is 0 Å². The summed E-state index contributed by atoms with van der Waals surface area (Å²) in [7, 11) is 0. The summed E-state index contributed by atoms with van der Waals surface area (Å²) in [6, 6.07) is 0. The van der Waals surface area contributed by atoms with E-state index >= 15 is 0 Å². The second kappa shape index (κ2) is 3.83. The minimum Gasteiger partial charge on any atom is -0.330 e. The van der Waals surface area contributed by atoms with Gasteiger partial charge in [0.05, 0.1) is 0 Å². The van der Waals surface area contributed by atoms with Gasteiger partial charge >= 0.3 is 0 Å². The molecule has 13 heavy (non-hydrogen) atoms. The molecule has 0 saturated heterocycles. The normalized spacial score (nSPS) is 17.0. The fourth-order valence-electron chi connectivity index (χ4n) is 1.54. The van der Waals surface area contributed by atoms with Crippen molar-refractivity contribution in [1.29, 1.82) is 0 Å². The molecule has 0 radical (unpaired) electrons. The van der Waals surface area contributed by atoms with Gasteiger partial charge in [0.1, 0.15) is 5.82 Å². The number of hydrogen-bond donors (Lipinski definition) is 1. The molecule has 3 heteroatoms. The topological polar surface area (TPSA) is 51.8 Å². The maximum atomic E-state index is 5.44. The van der Waals surface area contributed by atoms with Crippen LogP contribution in [0.25, 0.3) is 0 Å². The average molecular weight is 177 g/mol. The van der Waals surface area contributed by atoms with E-state index in [1.54, 1.807) is 0 Å². The highest BCUT2D eigenvalue weighted by molar-refractivity contribution is 5.09. The van der Waals surface area contributed by atoms with Gasteiger partial charge in [0, 0.05) is 18.3 Å². The molecule has 2 N–H and O–H groups in total. The molecule has 3 nitrogen and oxygen atoms in total. The lowest BCUT2D eigenvalue weighted by molar-refractivity contribution is 0.401. The van der Waals surface area contributed by atoms with E-state index in [0.29, 0.717) is 12.5 Å². The first-order chi connectivity index (χ1) is 6.40. The third-order valence-electron chi connectivity index (χ3n) is 2.63. The first-order valence-electron chi connectivity index (χ1n) is 4.91. The van der Waals surface area contributed by atoms with Gasteiger partial charge in [0.2, 0.25) is 0 Å². The molecule has 1 aromatic heterocycles. The number of hydrogen-bond acceptors (Lipinski definition) is 3. The van der Waals surface area contributed by atoms with Crippen LogP contribution in [0.3, 0.4) is 0 Å². The van der Waals surface area contributed by atoms with E-state index in [1.807, 2.05) is 12.4 Å². The molecule has 0 bridgehead atoms. The summed E-state index contributed by atoms with van der Waals surface area (Å²) in [6.07, 6.45) is 8.55. The minimum absolute atomic E-state index is 0.631. The second-order valence-electron chi connectivity index (χ2n) is 3.62. The Labute approximate surface area is 78.4 Å². The molecular weight excluding hydrogens is 162 g/mol. The molecule has 1 fully saturated rings. The Morgan fingerprint density at radius 1 is 1.31 bits per heavy atom. The van der Waals surface area contributed by atoms with Gasteiger partial charge in [-0.1, -0.05) is 6.42 Å². The van der Waals surface area contributed by atoms with Gasteiger partial charge in [-0.15, -0.1) is 0 Å². The molecular formula is C10H15N3. The monoisotopic (exact) mass is 177 g/mol. The molecule has 1 aromatic rings. The summed E-state index contributed by atoms with van der Waals surface area (Å²) in [5, 5.41) is 0. The van der Waals surface area contributed by atoms with Crippen LogP contribution in [0.4, 0.5) is 0 Å². The zero-order valence-corrected chi connectivity index (χ0v) is 7.74. The van der Waals surface area contributed by atoms with Gasteiger partial charge in [0.15, 0.2) is 0 Å². The Bertz CT molecular complexity index is 264. The Morgan fingerprint density at radius 3 is 2.46 bits per heavy atom. The van der Waals surface area contributed by atoms with Gasteiger partial charge in [-0.25, -0.2) is 9.97 Å². The lowest BCUT2D eigenvalue weighted by Gasteiger charge is -2.23. The summed E-state index contributed by atoms with van der Waals surface area (Å²) in [6.45, 7) is 0.673.